The molecule has 0 amide bonds. The highest BCUT2D eigenvalue weighted by Crippen LogP contribution is 2.23. The number of benzene rings is 1. The zero-order valence-electron chi connectivity index (χ0n) is 9.59. The molecule has 0 bridgehead atoms. The van der Waals surface area contributed by atoms with Gasteiger partial charge >= 0.3 is 0 Å². The summed E-state index contributed by atoms with van der Waals surface area (Å²) in [5, 5.41) is 12.5. The maximum Gasteiger partial charge on any atom is 0.165 e. The molecule has 1 atom stereocenters. The highest BCUT2D eigenvalue weighted by Gasteiger charge is 2.27. The molecule has 0 saturated carbocycles. The van der Waals surface area contributed by atoms with Gasteiger partial charge in [-0.3, -0.25) is 4.98 Å². The molecule has 1 N–H and O–H groups in total. The molecule has 3 nitrogen and oxygen atoms in total. The Hall–Kier alpha value is -2.34. The van der Waals surface area contributed by atoms with Gasteiger partial charge in [0.05, 0.1) is 11.8 Å². The summed E-state index contributed by atoms with van der Waals surface area (Å²) in [6.07, 6.45) is 1.69. The fourth-order valence-corrected chi connectivity index (χ4v) is 1.62. The maximum absolute atomic E-state index is 9.35. The van der Waals surface area contributed by atoms with Crippen LogP contribution in [0, 0.1) is 11.3 Å². The number of aromatic nitrogens is 1. The molecular formula is C14H13N3. The van der Waals surface area contributed by atoms with Crippen LogP contribution in [0.25, 0.3) is 0 Å². The van der Waals surface area contributed by atoms with Gasteiger partial charge in [-0.2, -0.15) is 5.26 Å². The van der Waals surface area contributed by atoms with Crippen LogP contribution in [0.1, 0.15) is 12.6 Å². The van der Waals surface area contributed by atoms with Crippen LogP contribution in [-0.4, -0.2) is 4.98 Å². The van der Waals surface area contributed by atoms with Crippen molar-refractivity contribution in [3.05, 3.63) is 60.4 Å². The van der Waals surface area contributed by atoms with Crippen LogP contribution in [0.3, 0.4) is 0 Å². The zero-order valence-corrected chi connectivity index (χ0v) is 9.59. The molecule has 2 rings (SSSR count). The van der Waals surface area contributed by atoms with E-state index in [0.717, 1.165) is 5.69 Å². The summed E-state index contributed by atoms with van der Waals surface area (Å²) >= 11 is 0. The van der Waals surface area contributed by atoms with Crippen molar-refractivity contribution in [2.75, 3.05) is 5.32 Å². The van der Waals surface area contributed by atoms with Gasteiger partial charge in [-0.25, -0.2) is 0 Å². The van der Waals surface area contributed by atoms with Crippen molar-refractivity contribution in [1.82, 2.24) is 4.98 Å². The molecule has 1 aromatic carbocycles. The SMILES string of the molecule is C[C@@](C#N)(Nc1ccccc1)c1ccccn1. The lowest BCUT2D eigenvalue weighted by Gasteiger charge is -2.23. The number of hydrogen-bond acceptors (Lipinski definition) is 3. The molecule has 2 aromatic rings. The van der Waals surface area contributed by atoms with Gasteiger partial charge in [-0.15, -0.1) is 0 Å². The number of pyridine rings is 1. The lowest BCUT2D eigenvalue weighted by atomic mass is 9.98. The molecule has 1 heterocycles. The Bertz CT molecular complexity index is 516. The van der Waals surface area contributed by atoms with Gasteiger partial charge in [0.25, 0.3) is 0 Å². The molecule has 17 heavy (non-hydrogen) atoms. The van der Waals surface area contributed by atoms with Gasteiger partial charge in [-0.05, 0) is 31.2 Å². The molecule has 1 aromatic heterocycles. The molecule has 3 heteroatoms. The van der Waals surface area contributed by atoms with E-state index in [-0.39, 0.29) is 0 Å². The summed E-state index contributed by atoms with van der Waals surface area (Å²) in [5.41, 5.74) is 0.802. The third-order valence-corrected chi connectivity index (χ3v) is 2.57. The highest BCUT2D eigenvalue weighted by molar-refractivity contribution is 5.49. The molecular weight excluding hydrogens is 210 g/mol. The summed E-state index contributed by atoms with van der Waals surface area (Å²) in [6.45, 7) is 1.82. The number of hydrogen-bond donors (Lipinski definition) is 1. The second-order valence-electron chi connectivity index (χ2n) is 3.94. The Morgan fingerprint density at radius 1 is 1.12 bits per heavy atom. The standard InChI is InChI=1S/C14H13N3/c1-14(11-15,13-9-5-6-10-16-13)17-12-7-3-2-4-8-12/h2-10,17H,1H3/t14-/m0/s1. The number of nitriles is 1. The average Bonchev–Trinajstić information content (AvgIpc) is 2.41. The summed E-state index contributed by atoms with van der Waals surface area (Å²) in [4.78, 5) is 4.23. The quantitative estimate of drug-likeness (QED) is 0.870. The Labute approximate surface area is 101 Å². The molecule has 0 aliphatic carbocycles. The average molecular weight is 223 g/mol. The van der Waals surface area contributed by atoms with Gasteiger partial charge in [0.1, 0.15) is 0 Å². The summed E-state index contributed by atoms with van der Waals surface area (Å²) in [5.74, 6) is 0. The number of rotatable bonds is 3. The van der Waals surface area contributed by atoms with Crippen LogP contribution < -0.4 is 5.32 Å². The van der Waals surface area contributed by atoms with E-state index in [4.69, 9.17) is 0 Å². The largest absolute Gasteiger partial charge is 0.363 e. The minimum Gasteiger partial charge on any atom is -0.363 e. The van der Waals surface area contributed by atoms with E-state index in [2.05, 4.69) is 16.4 Å². The molecule has 0 fully saturated rings. The summed E-state index contributed by atoms with van der Waals surface area (Å²) in [7, 11) is 0. The molecule has 0 aliphatic rings. The molecule has 0 saturated heterocycles. The number of anilines is 1. The predicted molar refractivity (Wildman–Crippen MR) is 67.3 cm³/mol. The lowest BCUT2D eigenvalue weighted by molar-refractivity contribution is 0.678. The van der Waals surface area contributed by atoms with Crippen molar-refractivity contribution in [3.63, 3.8) is 0 Å². The van der Waals surface area contributed by atoms with Gasteiger partial charge in [0.15, 0.2) is 5.54 Å². The van der Waals surface area contributed by atoms with Crippen molar-refractivity contribution < 1.29 is 0 Å². The first-order valence-corrected chi connectivity index (χ1v) is 5.40. The molecule has 0 radical (unpaired) electrons. The summed E-state index contributed by atoms with van der Waals surface area (Å²) in [6, 6.07) is 17.5. The van der Waals surface area contributed by atoms with E-state index in [1.165, 1.54) is 0 Å². The zero-order chi connectivity index (χ0) is 12.1. The van der Waals surface area contributed by atoms with E-state index in [1.54, 1.807) is 6.20 Å². The van der Waals surface area contributed by atoms with E-state index in [9.17, 15) is 5.26 Å². The number of nitrogens with zero attached hydrogens (tertiary/aromatic N) is 2. The Balaban J connectivity index is 2.31. The first-order valence-electron chi connectivity index (χ1n) is 5.40. The Kier molecular flexibility index (Phi) is 3.06. The van der Waals surface area contributed by atoms with Crippen LogP contribution in [0.15, 0.2) is 54.7 Å². The van der Waals surface area contributed by atoms with Crippen LogP contribution >= 0.6 is 0 Å². The molecule has 0 unspecified atom stereocenters. The van der Waals surface area contributed by atoms with Gasteiger partial charge in [0.2, 0.25) is 0 Å². The van der Waals surface area contributed by atoms with E-state index >= 15 is 0 Å². The predicted octanol–water partition coefficient (Wildman–Crippen LogP) is 2.93. The normalized spacial score (nSPS) is 13.4. The van der Waals surface area contributed by atoms with Gasteiger partial charge in [-0.1, -0.05) is 24.3 Å². The van der Waals surface area contributed by atoms with Crippen LogP contribution in [0.5, 0.6) is 0 Å². The topological polar surface area (TPSA) is 48.7 Å². The molecule has 0 spiro atoms. The minimum absolute atomic E-state index is 0.714. The monoisotopic (exact) mass is 223 g/mol. The maximum atomic E-state index is 9.35. The molecule has 84 valence electrons. The Morgan fingerprint density at radius 2 is 1.82 bits per heavy atom. The van der Waals surface area contributed by atoms with Crippen molar-refractivity contribution >= 4 is 5.69 Å². The Morgan fingerprint density at radius 3 is 2.41 bits per heavy atom. The van der Waals surface area contributed by atoms with Crippen LogP contribution in [0.2, 0.25) is 0 Å². The van der Waals surface area contributed by atoms with Crippen molar-refractivity contribution in [3.8, 4) is 6.07 Å². The van der Waals surface area contributed by atoms with Crippen LogP contribution in [0.4, 0.5) is 5.69 Å². The first-order chi connectivity index (χ1) is 8.24. The fraction of sp³-hybridized carbons (Fsp3) is 0.143. The summed E-state index contributed by atoms with van der Waals surface area (Å²) < 4.78 is 0. The van der Waals surface area contributed by atoms with Gasteiger partial charge < -0.3 is 5.32 Å². The van der Waals surface area contributed by atoms with E-state index < -0.39 is 5.54 Å². The van der Waals surface area contributed by atoms with E-state index in [1.807, 2.05) is 55.5 Å². The lowest BCUT2D eigenvalue weighted by Crippen LogP contribution is -2.30. The third kappa shape index (κ3) is 2.43. The van der Waals surface area contributed by atoms with Crippen molar-refractivity contribution in [2.24, 2.45) is 0 Å². The smallest absolute Gasteiger partial charge is 0.165 e. The third-order valence-electron chi connectivity index (χ3n) is 2.57. The molecule has 0 aliphatic heterocycles. The van der Waals surface area contributed by atoms with E-state index in [0.29, 0.717) is 5.69 Å². The number of para-hydroxylation sites is 1. The number of nitrogens with one attached hydrogen (secondary N) is 1. The fourth-order valence-electron chi connectivity index (χ4n) is 1.62. The highest BCUT2D eigenvalue weighted by atomic mass is 15.0. The van der Waals surface area contributed by atoms with Gasteiger partial charge in [0, 0.05) is 11.9 Å². The van der Waals surface area contributed by atoms with Crippen molar-refractivity contribution in [2.45, 2.75) is 12.5 Å². The van der Waals surface area contributed by atoms with Crippen molar-refractivity contribution in [1.29, 1.82) is 5.26 Å². The second kappa shape index (κ2) is 4.67. The minimum atomic E-state index is -0.817. The first kappa shape index (κ1) is 11.2. The second-order valence-corrected chi connectivity index (χ2v) is 3.94. The van der Waals surface area contributed by atoms with Crippen LogP contribution in [-0.2, 0) is 5.54 Å².